The summed E-state index contributed by atoms with van der Waals surface area (Å²) in [5.41, 5.74) is 4.50. The number of nitrogens with zero attached hydrogens (tertiary/aromatic N) is 5. The Morgan fingerprint density at radius 1 is 1.14 bits per heavy atom. The number of hydrogen-bond donors (Lipinski definition) is 0. The first kappa shape index (κ1) is 22.8. The number of rotatable bonds is 6. The maximum absolute atomic E-state index is 13.4. The number of thiophene rings is 1. The molecule has 8 heteroatoms. The summed E-state index contributed by atoms with van der Waals surface area (Å²) >= 11 is 1.66. The summed E-state index contributed by atoms with van der Waals surface area (Å²) in [5.74, 6) is 1.22. The van der Waals surface area contributed by atoms with Crippen LogP contribution in [0.2, 0.25) is 0 Å². The molecule has 1 aliphatic rings. The average molecular weight is 498 g/mol. The molecular formula is C28H27N5O2S. The lowest BCUT2D eigenvalue weighted by molar-refractivity contribution is 0.189. The normalized spacial score (nSPS) is 15.5. The van der Waals surface area contributed by atoms with Crippen molar-refractivity contribution in [3.63, 3.8) is 0 Å². The van der Waals surface area contributed by atoms with Crippen molar-refractivity contribution in [3.8, 4) is 11.4 Å². The van der Waals surface area contributed by atoms with Crippen molar-refractivity contribution in [1.29, 1.82) is 0 Å². The molecule has 0 amide bonds. The van der Waals surface area contributed by atoms with Crippen molar-refractivity contribution in [2.75, 3.05) is 7.05 Å². The molecule has 0 N–H and O–H groups in total. The van der Waals surface area contributed by atoms with Crippen LogP contribution in [0.4, 0.5) is 0 Å². The first-order chi connectivity index (χ1) is 17.5. The van der Waals surface area contributed by atoms with Crippen LogP contribution < -0.4 is 5.56 Å². The Kier molecular flexibility index (Phi) is 5.99. The highest BCUT2D eigenvalue weighted by molar-refractivity contribution is 7.18. The van der Waals surface area contributed by atoms with Crippen molar-refractivity contribution < 1.29 is 4.52 Å². The maximum atomic E-state index is 13.4. The Morgan fingerprint density at radius 2 is 1.94 bits per heavy atom. The van der Waals surface area contributed by atoms with E-state index in [1.807, 2.05) is 30.3 Å². The first-order valence-corrected chi connectivity index (χ1v) is 13.0. The lowest BCUT2D eigenvalue weighted by Crippen LogP contribution is -2.35. The molecule has 1 aliphatic carbocycles. The fourth-order valence-corrected chi connectivity index (χ4v) is 6.18. The van der Waals surface area contributed by atoms with Crippen LogP contribution in [0.3, 0.4) is 0 Å². The van der Waals surface area contributed by atoms with Crippen LogP contribution in [-0.2, 0) is 25.9 Å². The number of benzene rings is 2. The smallest absolute Gasteiger partial charge is 0.262 e. The zero-order chi connectivity index (χ0) is 24.6. The molecule has 0 bridgehead atoms. The molecule has 0 fully saturated rings. The Labute approximate surface area is 213 Å². The second-order valence-electron chi connectivity index (χ2n) is 9.54. The summed E-state index contributed by atoms with van der Waals surface area (Å²) in [6, 6.07) is 18.5. The highest BCUT2D eigenvalue weighted by Crippen LogP contribution is 2.35. The zero-order valence-corrected chi connectivity index (χ0v) is 21.2. The molecule has 3 heterocycles. The van der Waals surface area contributed by atoms with Gasteiger partial charge in [-0.15, -0.1) is 11.3 Å². The third-order valence-corrected chi connectivity index (χ3v) is 8.15. The summed E-state index contributed by atoms with van der Waals surface area (Å²) < 4.78 is 7.26. The SMILES string of the molecule is Cc1ccc(Cn2cnc3sc4c(c3c2=O)CC[C@@H](N(C)Cc2nc(-c3ccccc3)no2)C4)cc1. The average Bonchev–Trinajstić information content (AvgIpc) is 3.52. The number of aryl methyl sites for hydroxylation is 2. The van der Waals surface area contributed by atoms with Gasteiger partial charge in [0.2, 0.25) is 11.7 Å². The van der Waals surface area contributed by atoms with Gasteiger partial charge >= 0.3 is 0 Å². The van der Waals surface area contributed by atoms with Crippen molar-refractivity contribution >= 4 is 21.6 Å². The van der Waals surface area contributed by atoms with Gasteiger partial charge < -0.3 is 4.52 Å². The Bertz CT molecular complexity index is 1570. The van der Waals surface area contributed by atoms with E-state index in [4.69, 9.17) is 4.52 Å². The van der Waals surface area contributed by atoms with E-state index in [0.29, 0.717) is 30.8 Å². The van der Waals surface area contributed by atoms with E-state index in [1.165, 1.54) is 16.0 Å². The van der Waals surface area contributed by atoms with Crippen LogP contribution in [0.15, 0.2) is 70.2 Å². The third kappa shape index (κ3) is 4.38. The van der Waals surface area contributed by atoms with Crippen molar-refractivity contribution in [2.45, 2.75) is 45.3 Å². The van der Waals surface area contributed by atoms with Crippen molar-refractivity contribution in [2.24, 2.45) is 0 Å². The number of fused-ring (bicyclic) bond motifs is 3. The number of aromatic nitrogens is 4. The molecule has 5 aromatic rings. The van der Waals surface area contributed by atoms with Crippen LogP contribution in [-0.4, -0.2) is 37.7 Å². The molecule has 182 valence electrons. The maximum Gasteiger partial charge on any atom is 0.262 e. The van der Waals surface area contributed by atoms with E-state index >= 15 is 0 Å². The summed E-state index contributed by atoms with van der Waals surface area (Å²) in [6.45, 7) is 3.19. The van der Waals surface area contributed by atoms with E-state index in [2.05, 4.69) is 58.3 Å². The summed E-state index contributed by atoms with van der Waals surface area (Å²) in [4.78, 5) is 27.0. The molecule has 0 saturated heterocycles. The summed E-state index contributed by atoms with van der Waals surface area (Å²) in [6.07, 6.45) is 4.43. The van der Waals surface area contributed by atoms with Gasteiger partial charge in [-0.05, 0) is 44.4 Å². The summed E-state index contributed by atoms with van der Waals surface area (Å²) in [5, 5.41) is 4.95. The molecule has 3 aromatic heterocycles. The van der Waals surface area contributed by atoms with E-state index in [9.17, 15) is 4.79 Å². The van der Waals surface area contributed by atoms with Gasteiger partial charge in [0.1, 0.15) is 4.83 Å². The minimum Gasteiger partial charge on any atom is -0.338 e. The van der Waals surface area contributed by atoms with Gasteiger partial charge in [-0.3, -0.25) is 14.3 Å². The van der Waals surface area contributed by atoms with Gasteiger partial charge in [0.15, 0.2) is 0 Å². The van der Waals surface area contributed by atoms with Crippen LogP contribution in [0, 0.1) is 6.92 Å². The Morgan fingerprint density at radius 3 is 2.75 bits per heavy atom. The van der Waals surface area contributed by atoms with Crippen LogP contribution in [0.5, 0.6) is 0 Å². The second kappa shape index (κ2) is 9.44. The lowest BCUT2D eigenvalue weighted by Gasteiger charge is -2.30. The van der Waals surface area contributed by atoms with Crippen LogP contribution >= 0.6 is 11.3 Å². The third-order valence-electron chi connectivity index (χ3n) is 6.99. The molecule has 2 aromatic carbocycles. The van der Waals surface area contributed by atoms with Gasteiger partial charge in [-0.25, -0.2) is 4.98 Å². The van der Waals surface area contributed by atoms with Gasteiger partial charge in [0.25, 0.3) is 5.56 Å². The fraction of sp³-hybridized carbons (Fsp3) is 0.286. The molecule has 6 rings (SSSR count). The topological polar surface area (TPSA) is 77.1 Å². The van der Waals surface area contributed by atoms with E-state index in [-0.39, 0.29) is 5.56 Å². The second-order valence-corrected chi connectivity index (χ2v) is 10.6. The zero-order valence-electron chi connectivity index (χ0n) is 20.3. The van der Waals surface area contributed by atoms with Crippen molar-refractivity contribution in [1.82, 2.24) is 24.6 Å². The number of hydrogen-bond acceptors (Lipinski definition) is 7. The molecule has 7 nitrogen and oxygen atoms in total. The molecule has 0 saturated carbocycles. The quantitative estimate of drug-likeness (QED) is 0.334. The molecule has 0 spiro atoms. The lowest BCUT2D eigenvalue weighted by atomic mass is 9.92. The van der Waals surface area contributed by atoms with Crippen molar-refractivity contribution in [3.05, 3.63) is 98.7 Å². The van der Waals surface area contributed by atoms with Gasteiger partial charge in [-0.1, -0.05) is 65.3 Å². The van der Waals surface area contributed by atoms with Crippen LogP contribution in [0.1, 0.15) is 33.9 Å². The van der Waals surface area contributed by atoms with E-state index < -0.39 is 0 Å². The van der Waals surface area contributed by atoms with E-state index in [0.717, 1.165) is 40.6 Å². The predicted molar refractivity (Wildman–Crippen MR) is 141 cm³/mol. The first-order valence-electron chi connectivity index (χ1n) is 12.2. The highest BCUT2D eigenvalue weighted by atomic mass is 32.1. The summed E-state index contributed by atoms with van der Waals surface area (Å²) in [7, 11) is 2.10. The molecule has 1 atom stereocenters. The minimum atomic E-state index is 0.0594. The van der Waals surface area contributed by atoms with Gasteiger partial charge in [0, 0.05) is 16.5 Å². The molecule has 0 unspecified atom stereocenters. The standard InChI is InChI=1S/C28H27N5O2S/c1-18-8-10-19(11-9-18)15-33-17-29-27-25(28(33)34)22-13-12-21(14-23(22)36-27)32(2)16-24-30-26(31-35-24)20-6-4-3-5-7-20/h3-11,17,21H,12-16H2,1-2H3/t21-/m1/s1. The monoisotopic (exact) mass is 497 g/mol. The van der Waals surface area contributed by atoms with Crippen LogP contribution in [0.25, 0.3) is 21.6 Å². The van der Waals surface area contributed by atoms with Gasteiger partial charge in [-0.2, -0.15) is 4.98 Å². The molecule has 36 heavy (non-hydrogen) atoms. The molecule has 0 aliphatic heterocycles. The fourth-order valence-electron chi connectivity index (χ4n) is 4.93. The Hall–Kier alpha value is -3.62. The van der Waals surface area contributed by atoms with E-state index in [1.54, 1.807) is 22.2 Å². The Balaban J connectivity index is 1.19. The minimum absolute atomic E-state index is 0.0594. The predicted octanol–water partition coefficient (Wildman–Crippen LogP) is 4.85. The molecular weight excluding hydrogens is 470 g/mol. The highest BCUT2D eigenvalue weighted by Gasteiger charge is 2.28. The molecule has 0 radical (unpaired) electrons. The largest absolute Gasteiger partial charge is 0.338 e. The number of likely N-dealkylation sites (N-methyl/N-ethyl adjacent to an activating group) is 1. The van der Waals surface area contributed by atoms with Gasteiger partial charge in [0.05, 0.1) is 24.8 Å².